The third-order valence-corrected chi connectivity index (χ3v) is 5.24. The zero-order valence-corrected chi connectivity index (χ0v) is 17.9. The van der Waals surface area contributed by atoms with E-state index in [-0.39, 0.29) is 12.6 Å². The summed E-state index contributed by atoms with van der Waals surface area (Å²) < 4.78 is 0. The molecule has 0 aliphatic carbocycles. The minimum atomic E-state index is 0.177. The highest BCUT2D eigenvalue weighted by Crippen LogP contribution is 2.28. The Morgan fingerprint density at radius 3 is 2.77 bits per heavy atom. The molecule has 0 fully saturated rings. The Bertz CT molecular complexity index is 921. The number of benzene rings is 2. The van der Waals surface area contributed by atoms with E-state index >= 15 is 0 Å². The Balaban J connectivity index is 1.62. The van der Waals surface area contributed by atoms with Crippen molar-refractivity contribution >= 4 is 11.3 Å². The number of hydrogen-bond acceptors (Lipinski definition) is 5. The van der Waals surface area contributed by atoms with Crippen LogP contribution in [-0.4, -0.2) is 45.2 Å². The molecule has 0 radical (unpaired) electrons. The lowest BCUT2D eigenvalue weighted by Crippen LogP contribution is -2.26. The predicted molar refractivity (Wildman–Crippen MR) is 125 cm³/mol. The van der Waals surface area contributed by atoms with E-state index in [4.69, 9.17) is 5.26 Å². The molecule has 0 spiro atoms. The van der Waals surface area contributed by atoms with Gasteiger partial charge in [-0.2, -0.15) is 5.26 Å². The zero-order chi connectivity index (χ0) is 21.3. The summed E-state index contributed by atoms with van der Waals surface area (Å²) in [7, 11) is 4.18. The van der Waals surface area contributed by atoms with Crippen molar-refractivity contribution in [3.63, 3.8) is 0 Å². The summed E-state index contributed by atoms with van der Waals surface area (Å²) in [5.74, 6) is 0. The first kappa shape index (κ1) is 21.8. The minimum Gasteiger partial charge on any atom is -0.372 e. The molecule has 0 bridgehead atoms. The fraction of sp³-hybridized carbons (Fsp3) is 0.320. The normalized spacial score (nSPS) is 15.7. The topological polar surface area (TPSA) is 63.1 Å². The minimum absolute atomic E-state index is 0.177. The molecule has 3 rings (SSSR count). The van der Waals surface area contributed by atoms with E-state index in [0.717, 1.165) is 37.4 Å². The van der Waals surface area contributed by atoms with Gasteiger partial charge in [-0.15, -0.1) is 0 Å². The number of rotatable bonds is 10. The van der Waals surface area contributed by atoms with Crippen molar-refractivity contribution in [2.45, 2.75) is 12.6 Å². The highest BCUT2D eigenvalue weighted by atomic mass is 15.1. The molecule has 30 heavy (non-hydrogen) atoms. The maximum Gasteiger partial charge on any atom is 0.103 e. The van der Waals surface area contributed by atoms with Crippen LogP contribution < -0.4 is 16.0 Å². The van der Waals surface area contributed by atoms with Gasteiger partial charge in [0.2, 0.25) is 0 Å². The highest BCUT2D eigenvalue weighted by molar-refractivity contribution is 5.71. The lowest BCUT2D eigenvalue weighted by molar-refractivity contribution is 0.400. The molecular weight excluding hydrogens is 370 g/mol. The molecule has 0 saturated heterocycles. The standard InChI is InChI=1S/C25H31N5/c1-19(28-12-11-26)22-5-4-6-23(15-22)25-16-24(18-29-25)21-9-7-20(8-10-21)17-27-13-14-30(2)3/h4-10,15-16,25,27-29H,1,12-14,17-18H2,2-3H3. The van der Waals surface area contributed by atoms with Gasteiger partial charge >= 0.3 is 0 Å². The number of nitrogens with one attached hydrogen (secondary N) is 3. The zero-order valence-electron chi connectivity index (χ0n) is 17.9. The van der Waals surface area contributed by atoms with Gasteiger partial charge in [0.15, 0.2) is 0 Å². The van der Waals surface area contributed by atoms with Gasteiger partial charge in [0, 0.05) is 31.9 Å². The molecule has 2 aromatic carbocycles. The van der Waals surface area contributed by atoms with Crippen LogP contribution in [0.4, 0.5) is 0 Å². The second kappa shape index (κ2) is 10.7. The Hall–Kier alpha value is -2.91. The van der Waals surface area contributed by atoms with Crippen LogP contribution in [0.2, 0.25) is 0 Å². The monoisotopic (exact) mass is 401 g/mol. The third kappa shape index (κ3) is 6.04. The highest BCUT2D eigenvalue weighted by Gasteiger charge is 2.18. The maximum atomic E-state index is 8.74. The van der Waals surface area contributed by atoms with Gasteiger partial charge in [0.25, 0.3) is 0 Å². The van der Waals surface area contributed by atoms with Crippen molar-refractivity contribution in [2.75, 3.05) is 40.3 Å². The molecule has 0 aromatic heterocycles. The molecule has 156 valence electrons. The molecule has 1 heterocycles. The average molecular weight is 402 g/mol. The SMILES string of the molecule is C=C(NCC#N)c1cccc(C2C=C(c3ccc(CNCCN(C)C)cc3)CN2)c1. The summed E-state index contributed by atoms with van der Waals surface area (Å²) in [6.07, 6.45) is 2.30. The van der Waals surface area contributed by atoms with E-state index in [9.17, 15) is 0 Å². The van der Waals surface area contributed by atoms with E-state index in [2.05, 4.69) is 90.1 Å². The van der Waals surface area contributed by atoms with Crippen LogP contribution in [-0.2, 0) is 6.54 Å². The smallest absolute Gasteiger partial charge is 0.103 e. The lowest BCUT2D eigenvalue weighted by Gasteiger charge is -2.12. The Kier molecular flexibility index (Phi) is 7.81. The van der Waals surface area contributed by atoms with Crippen LogP contribution in [0.3, 0.4) is 0 Å². The summed E-state index contributed by atoms with van der Waals surface area (Å²) in [5, 5.41) is 18.8. The molecule has 1 atom stereocenters. The van der Waals surface area contributed by atoms with Crippen LogP contribution in [0.1, 0.15) is 28.3 Å². The number of likely N-dealkylation sites (N-methyl/N-ethyl adjacent to an activating group) is 1. The first-order chi connectivity index (χ1) is 14.6. The van der Waals surface area contributed by atoms with Crippen LogP contribution in [0.15, 0.2) is 61.2 Å². The van der Waals surface area contributed by atoms with Gasteiger partial charge in [-0.1, -0.05) is 55.1 Å². The summed E-state index contributed by atoms with van der Waals surface area (Å²) in [6.45, 7) is 8.07. The Morgan fingerprint density at radius 2 is 2.03 bits per heavy atom. The summed E-state index contributed by atoms with van der Waals surface area (Å²) in [4.78, 5) is 2.18. The summed E-state index contributed by atoms with van der Waals surface area (Å²) in [6, 6.07) is 19.4. The van der Waals surface area contributed by atoms with Crippen molar-refractivity contribution in [2.24, 2.45) is 0 Å². The fourth-order valence-electron chi connectivity index (χ4n) is 3.49. The number of hydrogen-bond donors (Lipinski definition) is 3. The first-order valence-electron chi connectivity index (χ1n) is 10.4. The van der Waals surface area contributed by atoms with E-state index < -0.39 is 0 Å². The van der Waals surface area contributed by atoms with Crippen molar-refractivity contribution < 1.29 is 0 Å². The van der Waals surface area contributed by atoms with Crippen LogP contribution in [0, 0.1) is 11.3 Å². The van der Waals surface area contributed by atoms with E-state index in [0.29, 0.717) is 0 Å². The molecule has 1 unspecified atom stereocenters. The van der Waals surface area contributed by atoms with Crippen LogP contribution in [0.5, 0.6) is 0 Å². The largest absolute Gasteiger partial charge is 0.372 e. The van der Waals surface area contributed by atoms with Crippen molar-refractivity contribution in [3.8, 4) is 6.07 Å². The molecule has 5 nitrogen and oxygen atoms in total. The van der Waals surface area contributed by atoms with Gasteiger partial charge in [0.1, 0.15) is 6.54 Å². The van der Waals surface area contributed by atoms with Gasteiger partial charge in [-0.3, -0.25) is 0 Å². The molecular formula is C25H31N5. The lowest BCUT2D eigenvalue weighted by atomic mass is 10.0. The molecule has 1 aliphatic heterocycles. The van der Waals surface area contributed by atoms with E-state index in [1.54, 1.807) is 0 Å². The molecule has 0 saturated carbocycles. The second-order valence-electron chi connectivity index (χ2n) is 7.84. The number of nitrogens with zero attached hydrogens (tertiary/aromatic N) is 2. The third-order valence-electron chi connectivity index (χ3n) is 5.24. The number of nitriles is 1. The Morgan fingerprint density at radius 1 is 1.23 bits per heavy atom. The molecule has 5 heteroatoms. The molecule has 0 amide bonds. The van der Waals surface area contributed by atoms with Gasteiger partial charge < -0.3 is 20.9 Å². The Labute approximate surface area is 180 Å². The predicted octanol–water partition coefficient (Wildman–Crippen LogP) is 3.15. The van der Waals surface area contributed by atoms with Gasteiger partial charge in [0.05, 0.1) is 12.1 Å². The second-order valence-corrected chi connectivity index (χ2v) is 7.84. The summed E-state index contributed by atoms with van der Waals surface area (Å²) >= 11 is 0. The van der Waals surface area contributed by atoms with Crippen molar-refractivity contribution in [1.82, 2.24) is 20.9 Å². The quantitative estimate of drug-likeness (QED) is 0.422. The van der Waals surface area contributed by atoms with Crippen LogP contribution >= 0.6 is 0 Å². The molecule has 3 N–H and O–H groups in total. The fourth-order valence-corrected chi connectivity index (χ4v) is 3.49. The van der Waals surface area contributed by atoms with Crippen molar-refractivity contribution in [1.29, 1.82) is 5.26 Å². The van der Waals surface area contributed by atoms with Gasteiger partial charge in [-0.05, 0) is 48.0 Å². The summed E-state index contributed by atoms with van der Waals surface area (Å²) in [5.41, 5.74) is 6.87. The average Bonchev–Trinajstić information content (AvgIpc) is 3.26. The van der Waals surface area contributed by atoms with Crippen LogP contribution in [0.25, 0.3) is 11.3 Å². The van der Waals surface area contributed by atoms with E-state index in [1.807, 2.05) is 12.1 Å². The van der Waals surface area contributed by atoms with Crippen molar-refractivity contribution in [3.05, 3.63) is 83.4 Å². The molecule has 2 aromatic rings. The van der Waals surface area contributed by atoms with Gasteiger partial charge in [-0.25, -0.2) is 0 Å². The first-order valence-corrected chi connectivity index (χ1v) is 10.4. The maximum absolute atomic E-state index is 8.74. The van der Waals surface area contributed by atoms with E-state index in [1.165, 1.54) is 22.3 Å². The molecule has 1 aliphatic rings.